The van der Waals surface area contributed by atoms with Gasteiger partial charge in [-0.05, 0) is 5.56 Å². The maximum Gasteiger partial charge on any atom is 0.225 e. The number of aromatic nitrogens is 2. The van der Waals surface area contributed by atoms with Gasteiger partial charge in [0.15, 0.2) is 0 Å². The number of rotatable bonds is 4. The second-order valence-corrected chi connectivity index (χ2v) is 5.72. The summed E-state index contributed by atoms with van der Waals surface area (Å²) in [5.74, 6) is 0.623. The summed E-state index contributed by atoms with van der Waals surface area (Å²) in [4.78, 5) is 10.6. The lowest BCUT2D eigenvalue weighted by molar-refractivity contribution is 0.0672. The highest BCUT2D eigenvalue weighted by molar-refractivity contribution is 6.30. The fourth-order valence-electron chi connectivity index (χ4n) is 2.64. The maximum atomic E-state index is 10.4. The molecule has 0 spiro atoms. The van der Waals surface area contributed by atoms with Crippen LogP contribution in [0.2, 0.25) is 5.02 Å². The largest absolute Gasteiger partial charge is 0.388 e. The molecule has 116 valence electrons. The number of hydrogen-bond donors (Lipinski definition) is 1. The zero-order valence-electron chi connectivity index (χ0n) is 12.1. The number of halogens is 1. The van der Waals surface area contributed by atoms with Gasteiger partial charge < -0.3 is 14.7 Å². The number of morpholine rings is 1. The third-order valence-electron chi connectivity index (χ3n) is 3.77. The molecule has 0 unspecified atom stereocenters. The summed E-state index contributed by atoms with van der Waals surface area (Å²) >= 11 is 5.84. The zero-order chi connectivity index (χ0) is 15.4. The van der Waals surface area contributed by atoms with Gasteiger partial charge in [-0.1, -0.05) is 41.9 Å². The van der Waals surface area contributed by atoms with E-state index in [2.05, 4.69) is 14.9 Å². The molecular formula is C16H18ClN3O2. The highest BCUT2D eigenvalue weighted by Gasteiger charge is 2.27. The van der Waals surface area contributed by atoms with E-state index in [1.807, 2.05) is 30.3 Å². The van der Waals surface area contributed by atoms with E-state index in [0.717, 1.165) is 5.56 Å². The van der Waals surface area contributed by atoms with Crippen LogP contribution in [0, 0.1) is 0 Å². The van der Waals surface area contributed by atoms with Crippen molar-refractivity contribution < 1.29 is 9.84 Å². The Bertz CT molecular complexity index is 594. The van der Waals surface area contributed by atoms with E-state index in [-0.39, 0.29) is 6.04 Å². The average molecular weight is 320 g/mol. The number of benzene rings is 1. The second kappa shape index (κ2) is 7.05. The first-order valence-electron chi connectivity index (χ1n) is 7.29. The molecule has 0 amide bonds. The summed E-state index contributed by atoms with van der Waals surface area (Å²) in [7, 11) is 0. The van der Waals surface area contributed by atoms with Crippen molar-refractivity contribution in [1.29, 1.82) is 0 Å². The van der Waals surface area contributed by atoms with Crippen LogP contribution in [0.15, 0.2) is 42.7 Å². The SMILES string of the molecule is O[C@@H](C[C@H]1COCCN1c1ncc(Cl)cn1)c1ccccc1. The minimum absolute atomic E-state index is 0.0325. The maximum absolute atomic E-state index is 10.4. The van der Waals surface area contributed by atoms with Gasteiger partial charge in [0.1, 0.15) is 0 Å². The molecule has 1 fully saturated rings. The summed E-state index contributed by atoms with van der Waals surface area (Å²) in [6.07, 6.45) is 3.20. The Morgan fingerprint density at radius 1 is 1.27 bits per heavy atom. The standard InChI is InChI=1S/C16H18ClN3O2/c17-13-9-18-16(19-10-13)20-6-7-22-11-14(20)8-15(21)12-4-2-1-3-5-12/h1-5,9-10,14-15,21H,6-8,11H2/t14-,15-/m0/s1. The topological polar surface area (TPSA) is 58.5 Å². The van der Waals surface area contributed by atoms with Crippen molar-refractivity contribution >= 4 is 17.5 Å². The summed E-state index contributed by atoms with van der Waals surface area (Å²) in [6.45, 7) is 1.88. The van der Waals surface area contributed by atoms with Crippen LogP contribution in [-0.2, 0) is 4.74 Å². The zero-order valence-corrected chi connectivity index (χ0v) is 12.9. The van der Waals surface area contributed by atoms with Crippen LogP contribution in [0.4, 0.5) is 5.95 Å². The quantitative estimate of drug-likeness (QED) is 0.938. The van der Waals surface area contributed by atoms with Crippen LogP contribution in [0.5, 0.6) is 0 Å². The molecule has 1 aliphatic heterocycles. The minimum Gasteiger partial charge on any atom is -0.388 e. The van der Waals surface area contributed by atoms with Gasteiger partial charge in [-0.2, -0.15) is 0 Å². The molecule has 1 aromatic heterocycles. The van der Waals surface area contributed by atoms with E-state index in [9.17, 15) is 5.11 Å². The van der Waals surface area contributed by atoms with E-state index < -0.39 is 6.10 Å². The average Bonchev–Trinajstić information content (AvgIpc) is 2.57. The van der Waals surface area contributed by atoms with Crippen molar-refractivity contribution in [2.45, 2.75) is 18.6 Å². The van der Waals surface area contributed by atoms with E-state index in [4.69, 9.17) is 16.3 Å². The van der Waals surface area contributed by atoms with Crippen LogP contribution in [0.3, 0.4) is 0 Å². The first-order chi connectivity index (χ1) is 10.7. The summed E-state index contributed by atoms with van der Waals surface area (Å²) < 4.78 is 5.56. The Kier molecular flexibility index (Phi) is 4.87. The number of aliphatic hydroxyl groups excluding tert-OH is 1. The van der Waals surface area contributed by atoms with Crippen LogP contribution in [0.1, 0.15) is 18.1 Å². The lowest BCUT2D eigenvalue weighted by Gasteiger charge is -2.36. The summed E-state index contributed by atoms with van der Waals surface area (Å²) in [6, 6.07) is 9.68. The lowest BCUT2D eigenvalue weighted by atomic mass is 10.0. The first kappa shape index (κ1) is 15.2. The van der Waals surface area contributed by atoms with Crippen molar-refractivity contribution in [2.75, 3.05) is 24.7 Å². The van der Waals surface area contributed by atoms with Crippen molar-refractivity contribution in [3.8, 4) is 0 Å². The Morgan fingerprint density at radius 2 is 2.00 bits per heavy atom. The Morgan fingerprint density at radius 3 is 2.73 bits per heavy atom. The van der Waals surface area contributed by atoms with Crippen molar-refractivity contribution in [3.63, 3.8) is 0 Å². The van der Waals surface area contributed by atoms with Crippen LogP contribution in [0.25, 0.3) is 0 Å². The van der Waals surface area contributed by atoms with Gasteiger partial charge >= 0.3 is 0 Å². The van der Waals surface area contributed by atoms with E-state index in [0.29, 0.717) is 37.2 Å². The molecule has 0 saturated carbocycles. The third-order valence-corrected chi connectivity index (χ3v) is 3.97. The van der Waals surface area contributed by atoms with Gasteiger partial charge in [-0.15, -0.1) is 0 Å². The van der Waals surface area contributed by atoms with Crippen LogP contribution >= 0.6 is 11.6 Å². The Labute approximate surface area is 134 Å². The molecule has 6 heteroatoms. The van der Waals surface area contributed by atoms with Crippen molar-refractivity contribution in [3.05, 3.63) is 53.3 Å². The lowest BCUT2D eigenvalue weighted by Crippen LogP contribution is -2.47. The fraction of sp³-hybridized carbons (Fsp3) is 0.375. The Balaban J connectivity index is 1.74. The first-order valence-corrected chi connectivity index (χ1v) is 7.67. The summed E-state index contributed by atoms with van der Waals surface area (Å²) in [5.41, 5.74) is 0.907. The predicted octanol–water partition coefficient (Wildman–Crippen LogP) is 2.46. The molecule has 1 N–H and O–H groups in total. The fourth-order valence-corrected chi connectivity index (χ4v) is 2.73. The molecule has 1 aliphatic rings. The van der Waals surface area contributed by atoms with Gasteiger partial charge in [0, 0.05) is 13.0 Å². The molecule has 0 aliphatic carbocycles. The molecule has 2 aromatic rings. The number of aliphatic hydroxyl groups is 1. The van der Waals surface area contributed by atoms with Crippen molar-refractivity contribution in [2.24, 2.45) is 0 Å². The monoisotopic (exact) mass is 319 g/mol. The van der Waals surface area contributed by atoms with E-state index >= 15 is 0 Å². The molecule has 0 bridgehead atoms. The number of hydrogen-bond acceptors (Lipinski definition) is 5. The molecule has 5 nitrogen and oxygen atoms in total. The highest BCUT2D eigenvalue weighted by Crippen LogP contribution is 2.25. The van der Waals surface area contributed by atoms with Gasteiger partial charge in [0.25, 0.3) is 0 Å². The van der Waals surface area contributed by atoms with Crippen molar-refractivity contribution in [1.82, 2.24) is 9.97 Å². The molecule has 22 heavy (non-hydrogen) atoms. The molecule has 1 aromatic carbocycles. The number of ether oxygens (including phenoxy) is 1. The molecule has 2 atom stereocenters. The van der Waals surface area contributed by atoms with Gasteiger partial charge in [-0.3, -0.25) is 0 Å². The molecule has 3 rings (SSSR count). The smallest absolute Gasteiger partial charge is 0.225 e. The highest BCUT2D eigenvalue weighted by atomic mass is 35.5. The number of nitrogens with zero attached hydrogens (tertiary/aromatic N) is 3. The second-order valence-electron chi connectivity index (χ2n) is 5.29. The normalized spacial score (nSPS) is 19.9. The minimum atomic E-state index is -0.539. The van der Waals surface area contributed by atoms with E-state index in [1.165, 1.54) is 0 Å². The number of anilines is 1. The van der Waals surface area contributed by atoms with E-state index in [1.54, 1.807) is 12.4 Å². The molecule has 0 radical (unpaired) electrons. The molecule has 2 heterocycles. The van der Waals surface area contributed by atoms with Crippen LogP contribution < -0.4 is 4.90 Å². The summed E-state index contributed by atoms with van der Waals surface area (Å²) in [5, 5.41) is 10.9. The van der Waals surface area contributed by atoms with Gasteiger partial charge in [-0.25, -0.2) is 9.97 Å². The van der Waals surface area contributed by atoms with Gasteiger partial charge in [0.05, 0.1) is 42.8 Å². The Hall–Kier alpha value is -1.69. The molecule has 1 saturated heterocycles. The third kappa shape index (κ3) is 3.55. The van der Waals surface area contributed by atoms with Crippen LogP contribution in [-0.4, -0.2) is 40.9 Å². The van der Waals surface area contributed by atoms with Gasteiger partial charge in [0.2, 0.25) is 5.95 Å². The molecular weight excluding hydrogens is 302 g/mol. The predicted molar refractivity (Wildman–Crippen MR) is 85.0 cm³/mol.